The van der Waals surface area contributed by atoms with Gasteiger partial charge in [0.25, 0.3) is 0 Å². The van der Waals surface area contributed by atoms with Crippen LogP contribution in [0.3, 0.4) is 0 Å². The van der Waals surface area contributed by atoms with Gasteiger partial charge in [-0.15, -0.1) is 0 Å². The summed E-state index contributed by atoms with van der Waals surface area (Å²) in [4.78, 5) is 37.5. The topological polar surface area (TPSA) is 114 Å². The summed E-state index contributed by atoms with van der Waals surface area (Å²) in [5.74, 6) is -0.360. The molecule has 1 aliphatic rings. The highest BCUT2D eigenvalue weighted by Crippen LogP contribution is 2.50. The van der Waals surface area contributed by atoms with E-state index in [0.717, 1.165) is 6.42 Å². The molecule has 0 bridgehead atoms. The van der Waals surface area contributed by atoms with E-state index in [1.165, 1.54) is 7.11 Å². The molecule has 0 radical (unpaired) electrons. The summed E-state index contributed by atoms with van der Waals surface area (Å²) >= 11 is 5.40. The van der Waals surface area contributed by atoms with Gasteiger partial charge in [-0.25, -0.2) is 0 Å². The summed E-state index contributed by atoms with van der Waals surface area (Å²) in [6, 6.07) is -0.0329. The van der Waals surface area contributed by atoms with Gasteiger partial charge in [-0.05, 0) is 31.1 Å². The molecule has 11 heteroatoms. The number of nitrogens with zero attached hydrogens (tertiary/aromatic N) is 1. The standard InChI is InChI=1S/C19H35N2O7PS/c1-5-14-10-16(23)12-21(14)19(25)13-27-29(30,26-4)28-17(9-8-15(22)6-2)11-20-18(24)7-3/h14,16-17,23H,5-13H2,1-4H3,(H,20,24)/t14-,16-,17?,29?/m1/s1. The number of Topliss-reactive ketones (excluding diaryl/α,β-unsaturated/α-hetero) is 1. The third-order valence-electron chi connectivity index (χ3n) is 5.02. The number of hydrogen-bond donors (Lipinski definition) is 2. The molecule has 1 saturated heterocycles. The molecule has 9 nitrogen and oxygen atoms in total. The van der Waals surface area contributed by atoms with Crippen molar-refractivity contribution in [1.29, 1.82) is 0 Å². The fraction of sp³-hybridized carbons (Fsp3) is 0.842. The van der Waals surface area contributed by atoms with Crippen LogP contribution >= 0.6 is 6.72 Å². The first kappa shape index (κ1) is 27.1. The molecule has 0 aromatic heterocycles. The Morgan fingerprint density at radius 3 is 2.53 bits per heavy atom. The van der Waals surface area contributed by atoms with Gasteiger partial charge < -0.3 is 24.4 Å². The zero-order valence-electron chi connectivity index (χ0n) is 18.3. The zero-order chi connectivity index (χ0) is 22.7. The fourth-order valence-electron chi connectivity index (χ4n) is 3.15. The van der Waals surface area contributed by atoms with Crippen molar-refractivity contribution in [2.45, 2.75) is 77.5 Å². The number of likely N-dealkylation sites (tertiary alicyclic amines) is 1. The highest BCUT2D eigenvalue weighted by atomic mass is 32.5. The van der Waals surface area contributed by atoms with Crippen LogP contribution in [0.15, 0.2) is 0 Å². The minimum absolute atomic E-state index is 0.0329. The fourth-order valence-corrected chi connectivity index (χ4v) is 4.74. The number of rotatable bonds is 14. The first-order valence-corrected chi connectivity index (χ1v) is 13.0. The molecule has 2 unspecified atom stereocenters. The normalized spacial score (nSPS) is 21.8. The molecular weight excluding hydrogens is 431 g/mol. The number of aliphatic hydroxyl groups excluding tert-OH is 1. The molecule has 0 aromatic rings. The summed E-state index contributed by atoms with van der Waals surface area (Å²) in [6.07, 6.45) is 1.54. The predicted molar refractivity (Wildman–Crippen MR) is 116 cm³/mol. The largest absolute Gasteiger partial charge is 0.391 e. The molecule has 1 heterocycles. The lowest BCUT2D eigenvalue weighted by atomic mass is 10.1. The molecular formula is C19H35N2O7PS. The molecule has 1 fully saturated rings. The van der Waals surface area contributed by atoms with Crippen LogP contribution < -0.4 is 5.32 Å². The van der Waals surface area contributed by atoms with Gasteiger partial charge in [-0.3, -0.25) is 18.9 Å². The smallest absolute Gasteiger partial charge is 0.327 e. The second kappa shape index (κ2) is 13.5. The monoisotopic (exact) mass is 466 g/mol. The molecule has 1 rings (SSSR count). The first-order chi connectivity index (χ1) is 14.2. The Balaban J connectivity index is 2.72. The van der Waals surface area contributed by atoms with Gasteiger partial charge in [0.1, 0.15) is 12.4 Å². The summed E-state index contributed by atoms with van der Waals surface area (Å²) in [7, 11) is 1.35. The number of nitrogens with one attached hydrogen (secondary N) is 1. The lowest BCUT2D eigenvalue weighted by Crippen LogP contribution is -2.38. The van der Waals surface area contributed by atoms with Crippen molar-refractivity contribution in [3.63, 3.8) is 0 Å². The van der Waals surface area contributed by atoms with Crippen molar-refractivity contribution >= 4 is 36.1 Å². The number of ketones is 1. The molecule has 174 valence electrons. The number of aliphatic hydroxyl groups is 1. The van der Waals surface area contributed by atoms with Crippen molar-refractivity contribution in [2.75, 3.05) is 26.8 Å². The number of carbonyl (C=O) groups excluding carboxylic acids is 3. The minimum atomic E-state index is -3.27. The summed E-state index contributed by atoms with van der Waals surface area (Å²) in [6.45, 7) is 2.31. The third kappa shape index (κ3) is 9.08. The second-order valence-corrected chi connectivity index (χ2v) is 10.3. The summed E-state index contributed by atoms with van der Waals surface area (Å²) < 4.78 is 16.7. The Morgan fingerprint density at radius 2 is 1.97 bits per heavy atom. The maximum absolute atomic E-state index is 12.6. The number of amides is 2. The van der Waals surface area contributed by atoms with E-state index in [-0.39, 0.29) is 49.8 Å². The quantitative estimate of drug-likeness (QED) is 0.373. The minimum Gasteiger partial charge on any atom is -0.391 e. The van der Waals surface area contributed by atoms with E-state index < -0.39 is 18.9 Å². The molecule has 30 heavy (non-hydrogen) atoms. The van der Waals surface area contributed by atoms with Crippen LogP contribution in [0.5, 0.6) is 0 Å². The molecule has 2 amide bonds. The van der Waals surface area contributed by atoms with Crippen molar-refractivity contribution in [3.8, 4) is 0 Å². The van der Waals surface area contributed by atoms with Gasteiger partial charge in [0.2, 0.25) is 11.8 Å². The van der Waals surface area contributed by atoms with Crippen LogP contribution in [-0.2, 0) is 39.8 Å². The first-order valence-electron chi connectivity index (χ1n) is 10.4. The van der Waals surface area contributed by atoms with Crippen LogP contribution in [0, 0.1) is 0 Å². The van der Waals surface area contributed by atoms with Gasteiger partial charge in [0.15, 0.2) is 0 Å². The molecule has 0 saturated carbocycles. The Morgan fingerprint density at radius 1 is 1.27 bits per heavy atom. The van der Waals surface area contributed by atoms with E-state index in [0.29, 0.717) is 25.7 Å². The van der Waals surface area contributed by atoms with Gasteiger partial charge in [0, 0.05) is 45.5 Å². The highest BCUT2D eigenvalue weighted by Gasteiger charge is 2.34. The average molecular weight is 467 g/mol. The summed E-state index contributed by atoms with van der Waals surface area (Å²) in [5.41, 5.74) is 0. The Kier molecular flexibility index (Phi) is 12.2. The molecule has 4 atom stereocenters. The Bertz CT molecular complexity index is 614. The molecule has 1 aliphatic heterocycles. The van der Waals surface area contributed by atoms with E-state index in [1.54, 1.807) is 18.7 Å². The van der Waals surface area contributed by atoms with Crippen LogP contribution in [0.1, 0.15) is 59.3 Å². The van der Waals surface area contributed by atoms with E-state index in [9.17, 15) is 19.5 Å². The molecule has 0 aliphatic carbocycles. The average Bonchev–Trinajstić information content (AvgIpc) is 3.14. The number of carbonyl (C=O) groups is 3. The summed E-state index contributed by atoms with van der Waals surface area (Å²) in [5, 5.41) is 12.6. The van der Waals surface area contributed by atoms with Crippen LogP contribution in [0.25, 0.3) is 0 Å². The molecule has 0 spiro atoms. The zero-order valence-corrected chi connectivity index (χ0v) is 20.0. The Hall–Kier alpha value is -0.900. The van der Waals surface area contributed by atoms with Crippen LogP contribution in [0.4, 0.5) is 0 Å². The van der Waals surface area contributed by atoms with Gasteiger partial charge in [-0.2, -0.15) is 0 Å². The van der Waals surface area contributed by atoms with Crippen molar-refractivity contribution in [3.05, 3.63) is 0 Å². The van der Waals surface area contributed by atoms with Gasteiger partial charge >= 0.3 is 6.72 Å². The predicted octanol–water partition coefficient (Wildman–Crippen LogP) is 1.92. The lowest BCUT2D eigenvalue weighted by Gasteiger charge is -2.28. The lowest BCUT2D eigenvalue weighted by molar-refractivity contribution is -0.135. The van der Waals surface area contributed by atoms with E-state index in [4.69, 9.17) is 25.4 Å². The highest BCUT2D eigenvalue weighted by molar-refractivity contribution is 8.07. The number of β-amino-alcohol motifs (C(OH)–C–C–N with tert-alkyl or cyclic N) is 1. The van der Waals surface area contributed by atoms with Crippen LogP contribution in [0.2, 0.25) is 0 Å². The maximum Gasteiger partial charge on any atom is 0.327 e. The number of hydrogen-bond acceptors (Lipinski definition) is 8. The molecule has 2 N–H and O–H groups in total. The third-order valence-corrected chi connectivity index (χ3v) is 7.49. The van der Waals surface area contributed by atoms with E-state index in [1.807, 2.05) is 6.92 Å². The van der Waals surface area contributed by atoms with Gasteiger partial charge in [0.05, 0.1) is 12.2 Å². The Labute approximate surface area is 184 Å². The van der Waals surface area contributed by atoms with Crippen LogP contribution in [-0.4, -0.2) is 72.7 Å². The van der Waals surface area contributed by atoms with E-state index in [2.05, 4.69) is 5.32 Å². The van der Waals surface area contributed by atoms with Crippen molar-refractivity contribution in [2.24, 2.45) is 0 Å². The SMILES string of the molecule is CCC(=O)CCC(CNC(=O)CC)OP(=S)(OC)OCC(=O)N1C[C@H](O)C[C@H]1CC. The maximum atomic E-state index is 12.6. The van der Waals surface area contributed by atoms with Crippen molar-refractivity contribution < 1.29 is 33.1 Å². The van der Waals surface area contributed by atoms with E-state index >= 15 is 0 Å². The second-order valence-electron chi connectivity index (χ2n) is 7.22. The van der Waals surface area contributed by atoms with Gasteiger partial charge in [-0.1, -0.05) is 20.8 Å². The molecule has 0 aromatic carbocycles. The van der Waals surface area contributed by atoms with Crippen molar-refractivity contribution in [1.82, 2.24) is 10.2 Å².